The van der Waals surface area contributed by atoms with Gasteiger partial charge in [-0.25, -0.2) is 0 Å². The highest BCUT2D eigenvalue weighted by molar-refractivity contribution is 7.80. The molecule has 0 heterocycles. The van der Waals surface area contributed by atoms with Crippen LogP contribution in [0.4, 0.5) is 0 Å². The van der Waals surface area contributed by atoms with E-state index in [9.17, 15) is 0 Å². The monoisotopic (exact) mass is 229 g/mol. The van der Waals surface area contributed by atoms with Gasteiger partial charge in [-0.2, -0.15) is 0 Å². The van der Waals surface area contributed by atoms with Crippen LogP contribution < -0.4 is 10.6 Å². The Hall–Kier alpha value is -0.350. The van der Waals surface area contributed by atoms with Crippen molar-refractivity contribution in [3.8, 4) is 0 Å². The molecule has 2 N–H and O–H groups in total. The van der Waals surface area contributed by atoms with Crippen LogP contribution in [0.15, 0.2) is 0 Å². The van der Waals surface area contributed by atoms with Crippen molar-refractivity contribution in [1.29, 1.82) is 0 Å². The van der Waals surface area contributed by atoms with Crippen molar-refractivity contribution >= 4 is 17.3 Å². The largest absolute Gasteiger partial charge is 0.361 e. The first-order valence-corrected chi connectivity index (χ1v) is 6.18. The molecule has 3 nitrogen and oxygen atoms in total. The smallest absolute Gasteiger partial charge is 0.166 e. The second-order valence-corrected chi connectivity index (χ2v) is 5.16. The topological polar surface area (TPSA) is 27.3 Å². The van der Waals surface area contributed by atoms with Crippen molar-refractivity contribution in [3.05, 3.63) is 0 Å². The number of rotatable bonds is 5. The molecule has 1 rings (SSSR count). The van der Waals surface area contributed by atoms with E-state index in [1.165, 1.54) is 12.8 Å². The SMILES string of the molecule is CC(C)NC(=S)NCC(C)N(C)C1CC1. The third-order valence-electron chi connectivity index (χ3n) is 2.80. The lowest BCUT2D eigenvalue weighted by Gasteiger charge is -2.25. The summed E-state index contributed by atoms with van der Waals surface area (Å²) in [6.45, 7) is 7.34. The standard InChI is InChI=1S/C11H23N3S/c1-8(2)13-11(15)12-7-9(3)14(4)10-5-6-10/h8-10H,5-7H2,1-4H3,(H2,12,13,15). The fraction of sp³-hybridized carbons (Fsp3) is 0.909. The average molecular weight is 229 g/mol. The highest BCUT2D eigenvalue weighted by Gasteiger charge is 2.28. The van der Waals surface area contributed by atoms with Gasteiger partial charge in [0.2, 0.25) is 0 Å². The Labute approximate surface area is 98.6 Å². The summed E-state index contributed by atoms with van der Waals surface area (Å²) >= 11 is 5.18. The molecule has 1 atom stereocenters. The van der Waals surface area contributed by atoms with Crippen molar-refractivity contribution in [2.45, 2.75) is 51.7 Å². The molecule has 1 saturated carbocycles. The molecule has 88 valence electrons. The number of thiocarbonyl (C=S) groups is 1. The summed E-state index contributed by atoms with van der Waals surface area (Å²) in [5, 5.41) is 7.20. The lowest BCUT2D eigenvalue weighted by Crippen LogP contribution is -2.46. The van der Waals surface area contributed by atoms with Gasteiger partial charge in [0.1, 0.15) is 0 Å². The summed E-state index contributed by atoms with van der Waals surface area (Å²) in [6, 6.07) is 1.76. The van der Waals surface area contributed by atoms with Gasteiger partial charge in [0, 0.05) is 24.7 Å². The second-order valence-electron chi connectivity index (χ2n) is 4.75. The van der Waals surface area contributed by atoms with Crippen LogP contribution in [0.1, 0.15) is 33.6 Å². The minimum Gasteiger partial charge on any atom is -0.361 e. The fourth-order valence-electron chi connectivity index (χ4n) is 1.54. The Balaban J connectivity index is 2.15. The van der Waals surface area contributed by atoms with Gasteiger partial charge in [0.25, 0.3) is 0 Å². The van der Waals surface area contributed by atoms with Crippen molar-refractivity contribution in [2.75, 3.05) is 13.6 Å². The summed E-state index contributed by atoms with van der Waals surface area (Å²) < 4.78 is 0. The number of hydrogen-bond acceptors (Lipinski definition) is 2. The second kappa shape index (κ2) is 5.66. The van der Waals surface area contributed by atoms with Crippen LogP contribution in [0.3, 0.4) is 0 Å². The summed E-state index contributed by atoms with van der Waals surface area (Å²) in [7, 11) is 2.20. The van der Waals surface area contributed by atoms with Crippen LogP contribution in [-0.2, 0) is 0 Å². The molecule has 4 heteroatoms. The predicted molar refractivity (Wildman–Crippen MR) is 69.1 cm³/mol. The fourth-order valence-corrected chi connectivity index (χ4v) is 1.86. The van der Waals surface area contributed by atoms with Crippen LogP contribution in [0.25, 0.3) is 0 Å². The van der Waals surface area contributed by atoms with Crippen LogP contribution in [0, 0.1) is 0 Å². The van der Waals surface area contributed by atoms with E-state index in [4.69, 9.17) is 12.2 Å². The maximum Gasteiger partial charge on any atom is 0.166 e. The Bertz CT molecular complexity index is 214. The molecule has 0 aromatic carbocycles. The van der Waals surface area contributed by atoms with E-state index < -0.39 is 0 Å². The Morgan fingerprint density at radius 1 is 1.40 bits per heavy atom. The molecule has 0 aliphatic heterocycles. The van der Waals surface area contributed by atoms with E-state index in [1.54, 1.807) is 0 Å². The predicted octanol–water partition coefficient (Wildman–Crippen LogP) is 1.34. The summed E-state index contributed by atoms with van der Waals surface area (Å²) in [6.07, 6.45) is 2.71. The molecule has 0 aromatic rings. The van der Waals surface area contributed by atoms with Gasteiger partial charge < -0.3 is 10.6 Å². The van der Waals surface area contributed by atoms with Crippen LogP contribution in [0.2, 0.25) is 0 Å². The third kappa shape index (κ3) is 4.80. The molecule has 0 aromatic heterocycles. The summed E-state index contributed by atoms with van der Waals surface area (Å²) in [4.78, 5) is 2.44. The number of hydrogen-bond donors (Lipinski definition) is 2. The molecule has 0 amide bonds. The van der Waals surface area contributed by atoms with Crippen molar-refractivity contribution in [1.82, 2.24) is 15.5 Å². The molecule has 1 fully saturated rings. The Morgan fingerprint density at radius 3 is 2.47 bits per heavy atom. The van der Waals surface area contributed by atoms with E-state index in [1.807, 2.05) is 0 Å². The minimum absolute atomic E-state index is 0.404. The first-order chi connectivity index (χ1) is 7.00. The molecule has 1 aliphatic rings. The van der Waals surface area contributed by atoms with E-state index in [0.717, 1.165) is 17.7 Å². The van der Waals surface area contributed by atoms with Crippen LogP contribution in [0.5, 0.6) is 0 Å². The number of nitrogens with zero attached hydrogens (tertiary/aromatic N) is 1. The van der Waals surface area contributed by atoms with Gasteiger partial charge in [-0.05, 0) is 52.9 Å². The molecule has 1 unspecified atom stereocenters. The first-order valence-electron chi connectivity index (χ1n) is 5.77. The zero-order valence-corrected chi connectivity index (χ0v) is 11.0. The molecule has 0 radical (unpaired) electrons. The van der Waals surface area contributed by atoms with E-state index in [0.29, 0.717) is 12.1 Å². The Kier molecular flexibility index (Phi) is 4.80. The molecule has 0 saturated heterocycles. The molecule has 0 spiro atoms. The maximum absolute atomic E-state index is 5.18. The van der Waals surface area contributed by atoms with Gasteiger partial charge in [-0.15, -0.1) is 0 Å². The third-order valence-corrected chi connectivity index (χ3v) is 3.06. The molecular formula is C11H23N3S. The molecule has 1 aliphatic carbocycles. The van der Waals surface area contributed by atoms with Crippen molar-refractivity contribution in [3.63, 3.8) is 0 Å². The number of nitrogens with one attached hydrogen (secondary N) is 2. The highest BCUT2D eigenvalue weighted by atomic mass is 32.1. The van der Waals surface area contributed by atoms with Crippen LogP contribution in [-0.4, -0.2) is 41.7 Å². The zero-order chi connectivity index (χ0) is 11.4. The van der Waals surface area contributed by atoms with Gasteiger partial charge in [-0.1, -0.05) is 0 Å². The number of likely N-dealkylation sites (N-methyl/N-ethyl adjacent to an activating group) is 1. The Morgan fingerprint density at radius 2 is 2.00 bits per heavy atom. The lowest BCUT2D eigenvalue weighted by atomic mass is 10.3. The summed E-state index contributed by atoms with van der Waals surface area (Å²) in [5.74, 6) is 0. The van der Waals surface area contributed by atoms with Crippen molar-refractivity contribution < 1.29 is 0 Å². The van der Waals surface area contributed by atoms with Gasteiger partial charge in [-0.3, -0.25) is 4.90 Å². The first kappa shape index (κ1) is 12.7. The highest BCUT2D eigenvalue weighted by Crippen LogP contribution is 2.26. The van der Waals surface area contributed by atoms with E-state index in [2.05, 4.69) is 43.4 Å². The van der Waals surface area contributed by atoms with Gasteiger partial charge in [0.05, 0.1) is 0 Å². The van der Waals surface area contributed by atoms with Crippen molar-refractivity contribution in [2.24, 2.45) is 0 Å². The lowest BCUT2D eigenvalue weighted by molar-refractivity contribution is 0.247. The molecular weight excluding hydrogens is 206 g/mol. The maximum atomic E-state index is 5.18. The van der Waals surface area contributed by atoms with E-state index in [-0.39, 0.29) is 0 Å². The van der Waals surface area contributed by atoms with Crippen LogP contribution >= 0.6 is 12.2 Å². The molecule has 0 bridgehead atoms. The summed E-state index contributed by atoms with van der Waals surface area (Å²) in [5.41, 5.74) is 0. The average Bonchev–Trinajstić information content (AvgIpc) is 2.95. The zero-order valence-electron chi connectivity index (χ0n) is 10.2. The van der Waals surface area contributed by atoms with E-state index >= 15 is 0 Å². The van der Waals surface area contributed by atoms with Gasteiger partial charge in [0.15, 0.2) is 5.11 Å². The quantitative estimate of drug-likeness (QED) is 0.696. The minimum atomic E-state index is 0.404. The normalized spacial score (nSPS) is 18.0. The van der Waals surface area contributed by atoms with Gasteiger partial charge >= 0.3 is 0 Å². The molecule has 15 heavy (non-hydrogen) atoms.